The van der Waals surface area contributed by atoms with Gasteiger partial charge in [0.25, 0.3) is 5.91 Å². The second-order valence-corrected chi connectivity index (χ2v) is 8.22. The first-order valence-corrected chi connectivity index (χ1v) is 10.6. The van der Waals surface area contributed by atoms with Gasteiger partial charge in [0.05, 0.1) is 29.5 Å². The Hall–Kier alpha value is -3.55. The molecule has 3 heterocycles. The first-order valence-electron chi connectivity index (χ1n) is 9.82. The van der Waals surface area contributed by atoms with Crippen LogP contribution in [0.25, 0.3) is 21.8 Å². The molecule has 0 saturated carbocycles. The summed E-state index contributed by atoms with van der Waals surface area (Å²) in [5.41, 5.74) is 4.49. The Kier molecular flexibility index (Phi) is 5.43. The zero-order valence-electron chi connectivity index (χ0n) is 16.6. The van der Waals surface area contributed by atoms with Gasteiger partial charge in [-0.05, 0) is 59.7 Å². The molecule has 2 N–H and O–H groups in total. The summed E-state index contributed by atoms with van der Waals surface area (Å²) in [6.45, 7) is 0.237. The number of rotatable bonds is 5. The lowest BCUT2D eigenvalue weighted by molar-refractivity contribution is 0.0944. The van der Waals surface area contributed by atoms with Crippen LogP contribution < -0.4 is 5.32 Å². The predicted octanol–water partition coefficient (Wildman–Crippen LogP) is 4.73. The number of hydrogen-bond acceptors (Lipinski definition) is 5. The molecule has 9 heteroatoms. The minimum atomic E-state index is -0.332. The van der Waals surface area contributed by atoms with Gasteiger partial charge >= 0.3 is 0 Å². The number of amides is 1. The van der Waals surface area contributed by atoms with Crippen molar-refractivity contribution in [1.82, 2.24) is 30.7 Å². The number of aromatic nitrogens is 5. The van der Waals surface area contributed by atoms with Crippen molar-refractivity contribution in [2.45, 2.75) is 13.0 Å². The Labute approximate surface area is 192 Å². The zero-order chi connectivity index (χ0) is 22.1. The summed E-state index contributed by atoms with van der Waals surface area (Å²) in [5.74, 6) is -0.332. The van der Waals surface area contributed by atoms with Crippen LogP contribution in [0.15, 0.2) is 60.9 Å². The largest absolute Gasteiger partial charge is 0.345 e. The van der Waals surface area contributed by atoms with E-state index in [-0.39, 0.29) is 18.1 Å². The number of hydrogen-bond donors (Lipinski definition) is 2. The lowest BCUT2D eigenvalue weighted by Gasteiger charge is -2.06. The van der Waals surface area contributed by atoms with Crippen LogP contribution in [0, 0.1) is 0 Å². The molecule has 7 nitrogen and oxygen atoms in total. The van der Waals surface area contributed by atoms with Crippen LogP contribution in [0.3, 0.4) is 0 Å². The van der Waals surface area contributed by atoms with Crippen LogP contribution >= 0.6 is 23.2 Å². The molecule has 1 amide bonds. The molecule has 5 rings (SSSR count). The fourth-order valence-electron chi connectivity index (χ4n) is 3.52. The summed E-state index contributed by atoms with van der Waals surface area (Å²) in [6.07, 6.45) is 4.01. The number of carbonyl (C=O) groups excluding carboxylic acids is 1. The number of carbonyl (C=O) groups is 1. The van der Waals surface area contributed by atoms with E-state index in [1.165, 1.54) is 0 Å². The third kappa shape index (κ3) is 4.26. The van der Waals surface area contributed by atoms with Crippen molar-refractivity contribution >= 4 is 50.9 Å². The molecule has 2 aromatic carbocycles. The topological polar surface area (TPSA) is 96.5 Å². The maximum atomic E-state index is 12.7. The molecule has 0 atom stereocenters. The molecule has 32 heavy (non-hydrogen) atoms. The molecule has 5 aromatic rings. The average Bonchev–Trinajstić information content (AvgIpc) is 3.19. The third-order valence-electron chi connectivity index (χ3n) is 5.07. The summed E-state index contributed by atoms with van der Waals surface area (Å²) in [4.78, 5) is 17.1. The molecule has 158 valence electrons. The van der Waals surface area contributed by atoms with Crippen molar-refractivity contribution in [3.8, 4) is 0 Å². The van der Waals surface area contributed by atoms with Gasteiger partial charge in [-0.3, -0.25) is 14.9 Å². The van der Waals surface area contributed by atoms with Crippen molar-refractivity contribution in [2.75, 3.05) is 0 Å². The number of nitrogens with zero attached hydrogens (tertiary/aromatic N) is 4. The molecular formula is C23H16Cl2N6O. The number of fused-ring (bicyclic) bond motifs is 2. The average molecular weight is 463 g/mol. The number of H-pyrrole nitrogens is 1. The molecule has 0 aliphatic rings. The van der Waals surface area contributed by atoms with Gasteiger partial charge in [-0.2, -0.15) is 10.2 Å². The highest BCUT2D eigenvalue weighted by atomic mass is 35.5. The Morgan fingerprint density at radius 2 is 1.78 bits per heavy atom. The van der Waals surface area contributed by atoms with Crippen LogP contribution in [0.2, 0.25) is 10.0 Å². The third-order valence-corrected chi connectivity index (χ3v) is 5.54. The number of pyridine rings is 1. The minimum absolute atomic E-state index is 0.233. The van der Waals surface area contributed by atoms with Gasteiger partial charge in [0.15, 0.2) is 5.69 Å². The van der Waals surface area contributed by atoms with Gasteiger partial charge in [0.1, 0.15) is 0 Å². The number of nitrogens with one attached hydrogen (secondary N) is 2. The monoisotopic (exact) mass is 462 g/mol. The standard InChI is InChI=1S/C23H16Cl2N6O/c24-16-1-3-19-15(8-16)6-13(10-26-19)5-14-7-21(29-28-11-14)23(32)27-12-22-18-9-17(25)2-4-20(18)30-31-22/h1-4,6-11H,5,12H2,(H,27,32)(H,30,31). The van der Waals surface area contributed by atoms with Gasteiger partial charge in [0.2, 0.25) is 0 Å². The van der Waals surface area contributed by atoms with E-state index in [4.69, 9.17) is 23.2 Å². The highest BCUT2D eigenvalue weighted by Gasteiger charge is 2.12. The number of halogens is 2. The fourth-order valence-corrected chi connectivity index (χ4v) is 3.88. The van der Waals surface area contributed by atoms with E-state index in [0.29, 0.717) is 22.2 Å². The van der Waals surface area contributed by atoms with E-state index < -0.39 is 0 Å². The summed E-state index contributed by atoms with van der Waals surface area (Å²) in [6, 6.07) is 14.8. The number of benzene rings is 2. The Morgan fingerprint density at radius 3 is 2.69 bits per heavy atom. The molecule has 0 fully saturated rings. The van der Waals surface area contributed by atoms with Gasteiger partial charge in [-0.15, -0.1) is 5.10 Å². The van der Waals surface area contributed by atoms with Crippen LogP contribution in [-0.4, -0.2) is 31.3 Å². The van der Waals surface area contributed by atoms with Gasteiger partial charge in [0, 0.05) is 33.4 Å². The molecule has 0 spiro atoms. The lowest BCUT2D eigenvalue weighted by Crippen LogP contribution is -2.24. The summed E-state index contributed by atoms with van der Waals surface area (Å²) in [7, 11) is 0. The molecule has 0 aliphatic carbocycles. The van der Waals surface area contributed by atoms with Crippen molar-refractivity contribution in [3.05, 3.63) is 93.5 Å². The Morgan fingerprint density at radius 1 is 0.969 bits per heavy atom. The number of aromatic amines is 1. The predicted molar refractivity (Wildman–Crippen MR) is 124 cm³/mol. The Bertz CT molecular complexity index is 1470. The fraction of sp³-hybridized carbons (Fsp3) is 0.0870. The van der Waals surface area contributed by atoms with Gasteiger partial charge in [-0.1, -0.05) is 23.2 Å². The van der Waals surface area contributed by atoms with E-state index in [1.807, 2.05) is 42.6 Å². The molecule has 0 radical (unpaired) electrons. The summed E-state index contributed by atoms with van der Waals surface area (Å²) < 4.78 is 0. The molecule has 0 bridgehead atoms. The SMILES string of the molecule is O=C(NCc1n[nH]c2ccc(Cl)cc12)c1cc(Cc2cnc3ccc(Cl)cc3c2)cnn1. The molecule has 0 unspecified atom stereocenters. The van der Waals surface area contributed by atoms with Crippen molar-refractivity contribution < 1.29 is 4.79 Å². The first kappa shape index (κ1) is 20.4. The van der Waals surface area contributed by atoms with Gasteiger partial charge < -0.3 is 5.32 Å². The molecule has 3 aromatic heterocycles. The Balaban J connectivity index is 1.31. The summed E-state index contributed by atoms with van der Waals surface area (Å²) >= 11 is 12.2. The van der Waals surface area contributed by atoms with E-state index in [1.54, 1.807) is 18.3 Å². The maximum absolute atomic E-state index is 12.7. The smallest absolute Gasteiger partial charge is 0.272 e. The molecule has 0 saturated heterocycles. The molecule has 0 aliphatic heterocycles. The van der Waals surface area contributed by atoms with Gasteiger partial charge in [-0.25, -0.2) is 0 Å². The quantitative estimate of drug-likeness (QED) is 0.393. The van der Waals surface area contributed by atoms with Crippen molar-refractivity contribution in [2.24, 2.45) is 0 Å². The lowest BCUT2D eigenvalue weighted by atomic mass is 10.1. The second-order valence-electron chi connectivity index (χ2n) is 7.35. The van der Waals surface area contributed by atoms with E-state index in [0.717, 1.165) is 32.9 Å². The van der Waals surface area contributed by atoms with Crippen molar-refractivity contribution in [1.29, 1.82) is 0 Å². The minimum Gasteiger partial charge on any atom is -0.345 e. The van der Waals surface area contributed by atoms with Crippen LogP contribution in [0.1, 0.15) is 27.3 Å². The van der Waals surface area contributed by atoms with E-state index in [9.17, 15) is 4.79 Å². The highest BCUT2D eigenvalue weighted by molar-refractivity contribution is 6.31. The van der Waals surface area contributed by atoms with Crippen molar-refractivity contribution in [3.63, 3.8) is 0 Å². The second kappa shape index (κ2) is 8.53. The van der Waals surface area contributed by atoms with Crippen LogP contribution in [0.4, 0.5) is 0 Å². The van der Waals surface area contributed by atoms with Crippen LogP contribution in [-0.2, 0) is 13.0 Å². The normalized spacial score (nSPS) is 11.2. The van der Waals surface area contributed by atoms with Crippen LogP contribution in [0.5, 0.6) is 0 Å². The van der Waals surface area contributed by atoms with E-state index in [2.05, 4.69) is 30.7 Å². The first-order chi connectivity index (χ1) is 15.5. The van der Waals surface area contributed by atoms with E-state index >= 15 is 0 Å². The maximum Gasteiger partial charge on any atom is 0.272 e. The highest BCUT2D eigenvalue weighted by Crippen LogP contribution is 2.21. The summed E-state index contributed by atoms with van der Waals surface area (Å²) in [5, 5.41) is 21.1. The molecular weight excluding hydrogens is 447 g/mol. The zero-order valence-corrected chi connectivity index (χ0v) is 18.2.